The summed E-state index contributed by atoms with van der Waals surface area (Å²) in [5.41, 5.74) is 1.21. The van der Waals surface area contributed by atoms with Gasteiger partial charge in [-0.05, 0) is 47.9 Å². The Kier molecular flexibility index (Phi) is 8.04. The number of nitrogens with one attached hydrogen (secondary N) is 1. The fourth-order valence-electron chi connectivity index (χ4n) is 2.43. The summed E-state index contributed by atoms with van der Waals surface area (Å²) in [5, 5.41) is 2.71. The van der Waals surface area contributed by atoms with Crippen LogP contribution in [0.1, 0.15) is 25.3 Å². The molecule has 0 atom stereocenters. The van der Waals surface area contributed by atoms with E-state index in [-0.39, 0.29) is 24.0 Å². The molecule has 1 N–H and O–H groups in total. The molecule has 0 saturated heterocycles. The fraction of sp³-hybridized carbons (Fsp3) is 0.381. The largest absolute Gasteiger partial charge is 0.492 e. The van der Waals surface area contributed by atoms with Crippen LogP contribution in [0, 0.1) is 0 Å². The zero-order chi connectivity index (χ0) is 21.4. The smallest absolute Gasteiger partial charge is 0.258 e. The van der Waals surface area contributed by atoms with Crippen LogP contribution < -0.4 is 14.8 Å². The minimum absolute atomic E-state index is 0.0713. The van der Waals surface area contributed by atoms with E-state index in [1.54, 1.807) is 12.1 Å². The molecular weight excluding hydrogens is 392 g/mol. The molecule has 0 aliphatic heterocycles. The average molecular weight is 421 g/mol. The molecule has 0 aliphatic carbocycles. The molecule has 1 amide bonds. The second-order valence-corrected chi connectivity index (χ2v) is 9.12. The summed E-state index contributed by atoms with van der Waals surface area (Å²) in [6, 6.07) is 13.8. The number of hydrogen-bond donors (Lipinski definition) is 1. The van der Waals surface area contributed by atoms with Crippen LogP contribution in [-0.2, 0) is 14.8 Å². The summed E-state index contributed by atoms with van der Waals surface area (Å²) >= 11 is 0. The van der Waals surface area contributed by atoms with E-state index in [0.717, 1.165) is 4.31 Å². The number of hydrogen-bond acceptors (Lipinski definition) is 5. The molecule has 0 radical (unpaired) electrons. The van der Waals surface area contributed by atoms with E-state index in [2.05, 4.69) is 19.2 Å². The first kappa shape index (κ1) is 22.7. The third-order valence-electron chi connectivity index (χ3n) is 4.21. The summed E-state index contributed by atoms with van der Waals surface area (Å²) < 4.78 is 36.2. The van der Waals surface area contributed by atoms with Crippen LogP contribution in [0.2, 0.25) is 0 Å². The lowest BCUT2D eigenvalue weighted by molar-refractivity contribution is -0.123. The van der Waals surface area contributed by atoms with Crippen molar-refractivity contribution in [3.05, 3.63) is 54.1 Å². The van der Waals surface area contributed by atoms with Gasteiger partial charge in [0.2, 0.25) is 10.0 Å². The molecular formula is C21H28N2O5S. The van der Waals surface area contributed by atoms with Crippen molar-refractivity contribution in [2.24, 2.45) is 0 Å². The van der Waals surface area contributed by atoms with Crippen LogP contribution in [0.25, 0.3) is 0 Å². The Labute approximate surface area is 172 Å². The van der Waals surface area contributed by atoms with Crippen molar-refractivity contribution in [2.75, 3.05) is 33.9 Å². The van der Waals surface area contributed by atoms with Crippen LogP contribution in [-0.4, -0.2) is 52.5 Å². The van der Waals surface area contributed by atoms with Crippen molar-refractivity contribution in [2.45, 2.75) is 24.7 Å². The molecule has 0 saturated carbocycles. The summed E-state index contributed by atoms with van der Waals surface area (Å²) in [4.78, 5) is 12.1. The van der Waals surface area contributed by atoms with E-state index < -0.39 is 10.0 Å². The van der Waals surface area contributed by atoms with Gasteiger partial charge in [-0.15, -0.1) is 0 Å². The van der Waals surface area contributed by atoms with Crippen molar-refractivity contribution >= 4 is 15.9 Å². The van der Waals surface area contributed by atoms with Gasteiger partial charge in [0.1, 0.15) is 18.1 Å². The maximum absolute atomic E-state index is 12.0. The number of amides is 1. The molecule has 0 fully saturated rings. The predicted molar refractivity (Wildman–Crippen MR) is 112 cm³/mol. The van der Waals surface area contributed by atoms with Gasteiger partial charge >= 0.3 is 0 Å². The van der Waals surface area contributed by atoms with Crippen LogP contribution in [0.4, 0.5) is 0 Å². The lowest BCUT2D eigenvalue weighted by Gasteiger charge is -2.12. The van der Waals surface area contributed by atoms with Crippen molar-refractivity contribution in [3.63, 3.8) is 0 Å². The van der Waals surface area contributed by atoms with Gasteiger partial charge in [-0.1, -0.05) is 26.0 Å². The SMILES string of the molecule is CC(C)c1ccc(OCC(=O)NCCOc2ccc(S(=O)(=O)N(C)C)cc2)cc1. The Morgan fingerprint density at radius 1 is 0.966 bits per heavy atom. The standard InChI is InChI=1S/C21H28N2O5S/c1-16(2)17-5-7-19(8-6-17)28-15-21(24)22-13-14-27-18-9-11-20(12-10-18)29(25,26)23(3)4/h5-12,16H,13-15H2,1-4H3,(H,22,24). The molecule has 0 heterocycles. The Morgan fingerprint density at radius 2 is 1.52 bits per heavy atom. The molecule has 0 bridgehead atoms. The highest BCUT2D eigenvalue weighted by Gasteiger charge is 2.16. The number of carbonyl (C=O) groups is 1. The van der Waals surface area contributed by atoms with Crippen LogP contribution in [0.5, 0.6) is 11.5 Å². The highest BCUT2D eigenvalue weighted by atomic mass is 32.2. The summed E-state index contributed by atoms with van der Waals surface area (Å²) in [6.07, 6.45) is 0. The predicted octanol–water partition coefficient (Wildman–Crippen LogP) is 2.63. The first-order chi connectivity index (χ1) is 13.7. The van der Waals surface area contributed by atoms with Crippen molar-refractivity contribution < 1.29 is 22.7 Å². The van der Waals surface area contributed by atoms with Gasteiger partial charge in [0, 0.05) is 14.1 Å². The van der Waals surface area contributed by atoms with Gasteiger partial charge in [-0.3, -0.25) is 4.79 Å². The zero-order valence-corrected chi connectivity index (χ0v) is 18.0. The zero-order valence-electron chi connectivity index (χ0n) is 17.2. The van der Waals surface area contributed by atoms with E-state index in [4.69, 9.17) is 9.47 Å². The summed E-state index contributed by atoms with van der Waals surface area (Å²) in [7, 11) is -0.501. The maximum Gasteiger partial charge on any atom is 0.258 e. The van der Waals surface area contributed by atoms with E-state index in [1.165, 1.54) is 31.8 Å². The highest BCUT2D eigenvalue weighted by Crippen LogP contribution is 2.19. The topological polar surface area (TPSA) is 84.9 Å². The van der Waals surface area contributed by atoms with Crippen LogP contribution in [0.3, 0.4) is 0 Å². The van der Waals surface area contributed by atoms with Gasteiger partial charge < -0.3 is 14.8 Å². The Bertz CT molecular complexity index is 892. The number of rotatable bonds is 10. The molecule has 0 aliphatic rings. The molecule has 158 valence electrons. The fourth-order valence-corrected chi connectivity index (χ4v) is 3.33. The Morgan fingerprint density at radius 3 is 2.07 bits per heavy atom. The molecule has 7 nitrogen and oxygen atoms in total. The lowest BCUT2D eigenvalue weighted by atomic mass is 10.0. The number of benzene rings is 2. The van der Waals surface area contributed by atoms with E-state index in [1.807, 2.05) is 24.3 Å². The average Bonchev–Trinajstić information content (AvgIpc) is 2.70. The number of carbonyl (C=O) groups excluding carboxylic acids is 1. The van der Waals surface area contributed by atoms with Gasteiger partial charge in [-0.2, -0.15) is 0 Å². The first-order valence-corrected chi connectivity index (χ1v) is 10.8. The van der Waals surface area contributed by atoms with E-state index in [0.29, 0.717) is 24.0 Å². The van der Waals surface area contributed by atoms with Gasteiger partial charge in [0.25, 0.3) is 5.91 Å². The minimum atomic E-state index is -3.46. The highest BCUT2D eigenvalue weighted by molar-refractivity contribution is 7.89. The van der Waals surface area contributed by atoms with Crippen molar-refractivity contribution in [1.82, 2.24) is 9.62 Å². The Balaban J connectivity index is 1.70. The third kappa shape index (κ3) is 6.76. The normalized spacial score (nSPS) is 11.5. The number of ether oxygens (including phenoxy) is 2. The van der Waals surface area contributed by atoms with Crippen LogP contribution >= 0.6 is 0 Å². The second-order valence-electron chi connectivity index (χ2n) is 6.97. The maximum atomic E-state index is 12.0. The van der Waals surface area contributed by atoms with Gasteiger partial charge in [-0.25, -0.2) is 12.7 Å². The van der Waals surface area contributed by atoms with E-state index in [9.17, 15) is 13.2 Å². The quantitative estimate of drug-likeness (QED) is 0.598. The molecule has 2 aromatic carbocycles. The van der Waals surface area contributed by atoms with E-state index >= 15 is 0 Å². The monoisotopic (exact) mass is 420 g/mol. The summed E-state index contributed by atoms with van der Waals surface area (Å²) in [6.45, 7) is 4.73. The number of nitrogens with zero attached hydrogens (tertiary/aromatic N) is 1. The molecule has 8 heteroatoms. The number of sulfonamides is 1. The first-order valence-electron chi connectivity index (χ1n) is 9.35. The summed E-state index contributed by atoms with van der Waals surface area (Å²) in [5.74, 6) is 1.38. The molecule has 2 rings (SSSR count). The van der Waals surface area contributed by atoms with Crippen molar-refractivity contribution in [1.29, 1.82) is 0 Å². The Hall–Kier alpha value is -2.58. The second kappa shape index (κ2) is 10.3. The molecule has 0 unspecified atom stereocenters. The van der Waals surface area contributed by atoms with Crippen molar-refractivity contribution in [3.8, 4) is 11.5 Å². The molecule has 0 aromatic heterocycles. The molecule has 29 heavy (non-hydrogen) atoms. The van der Waals surface area contributed by atoms with Gasteiger partial charge in [0.15, 0.2) is 6.61 Å². The lowest BCUT2D eigenvalue weighted by Crippen LogP contribution is -2.32. The molecule has 0 spiro atoms. The minimum Gasteiger partial charge on any atom is -0.492 e. The van der Waals surface area contributed by atoms with Gasteiger partial charge in [0.05, 0.1) is 11.4 Å². The molecule has 2 aromatic rings. The third-order valence-corrected chi connectivity index (χ3v) is 6.04. The van der Waals surface area contributed by atoms with Crippen LogP contribution in [0.15, 0.2) is 53.4 Å².